The highest BCUT2D eigenvalue weighted by Gasteiger charge is 2.24. The maximum absolute atomic E-state index is 13.4. The zero-order valence-corrected chi connectivity index (χ0v) is 23.2. The Morgan fingerprint density at radius 3 is 1.80 bits per heavy atom. The van der Waals surface area contributed by atoms with Crippen LogP contribution in [0, 0.1) is 6.92 Å². The summed E-state index contributed by atoms with van der Waals surface area (Å²) in [4.78, 5) is 13.4. The van der Waals surface area contributed by atoms with Crippen molar-refractivity contribution in [2.24, 2.45) is 0 Å². The first-order valence-corrected chi connectivity index (χ1v) is 13.2. The van der Waals surface area contributed by atoms with Crippen LogP contribution in [0.25, 0.3) is 0 Å². The van der Waals surface area contributed by atoms with Crippen LogP contribution in [-0.4, -0.2) is 44.2 Å². The third-order valence-corrected chi connectivity index (χ3v) is 6.35. The number of hydrogen-bond donors (Lipinski definition) is 0. The molecule has 0 N–H and O–H groups in total. The maximum atomic E-state index is 13.4. The molecule has 9 heteroatoms. The molecule has 0 amide bonds. The van der Waals surface area contributed by atoms with Crippen molar-refractivity contribution in [3.05, 3.63) is 46.5 Å². The Balaban J connectivity index is 2.57. The van der Waals surface area contributed by atoms with Crippen molar-refractivity contribution in [3.63, 3.8) is 0 Å². The number of carbonyl (C=O) groups excluding carboxylic acids is 1. The zero-order valence-electron chi connectivity index (χ0n) is 21.5. The molecule has 0 saturated carbocycles. The van der Waals surface area contributed by atoms with Gasteiger partial charge in [0.25, 0.3) is 0 Å². The Bertz CT molecular complexity index is 913. The minimum Gasteiger partial charge on any atom is -0.465 e. The molecule has 0 aromatic heterocycles. The first-order chi connectivity index (χ1) is 16.7. The molecule has 194 valence electrons. The molecule has 0 radical (unpaired) electrons. The number of rotatable bonds is 15. The van der Waals surface area contributed by atoms with Crippen LogP contribution in [0.4, 0.5) is 0 Å². The van der Waals surface area contributed by atoms with Crippen molar-refractivity contribution in [1.29, 1.82) is 0 Å². The van der Waals surface area contributed by atoms with Gasteiger partial charge in [-0.25, -0.2) is 0 Å². The van der Waals surface area contributed by atoms with Crippen molar-refractivity contribution in [1.82, 2.24) is 0 Å². The van der Waals surface area contributed by atoms with Crippen molar-refractivity contribution < 1.29 is 33.2 Å². The van der Waals surface area contributed by atoms with Gasteiger partial charge in [-0.2, -0.15) is 0 Å². The summed E-state index contributed by atoms with van der Waals surface area (Å²) >= 11 is 6.38. The molecule has 0 fully saturated rings. The van der Waals surface area contributed by atoms with Gasteiger partial charge in [0.2, 0.25) is 0 Å². The third kappa shape index (κ3) is 8.93. The van der Waals surface area contributed by atoms with Crippen LogP contribution in [0.2, 0.25) is 5.02 Å². The SMILES string of the molecule is CCOC(C)Oc1cc(OC(C)OCC)c(PC(=O)c2c(C)cccc2Cl)c(OC(C)OCC)c1. The molecule has 0 aliphatic rings. The van der Waals surface area contributed by atoms with Gasteiger partial charge in [0.05, 0.1) is 10.3 Å². The van der Waals surface area contributed by atoms with Gasteiger partial charge in [0.15, 0.2) is 24.4 Å². The number of hydrogen-bond acceptors (Lipinski definition) is 7. The molecule has 4 atom stereocenters. The molecule has 2 rings (SSSR count). The molecule has 35 heavy (non-hydrogen) atoms. The van der Waals surface area contributed by atoms with Gasteiger partial charge < -0.3 is 28.4 Å². The number of aryl methyl sites for hydroxylation is 1. The van der Waals surface area contributed by atoms with Crippen LogP contribution in [-0.2, 0) is 14.2 Å². The largest absolute Gasteiger partial charge is 0.465 e. The van der Waals surface area contributed by atoms with E-state index in [-0.39, 0.29) is 14.1 Å². The van der Waals surface area contributed by atoms with E-state index >= 15 is 0 Å². The number of carbonyl (C=O) groups is 1. The predicted octanol–water partition coefficient (Wildman–Crippen LogP) is 6.08. The monoisotopic (exact) mass is 526 g/mol. The summed E-state index contributed by atoms with van der Waals surface area (Å²) in [6.45, 7) is 14.3. The van der Waals surface area contributed by atoms with Crippen molar-refractivity contribution in [2.45, 2.75) is 67.3 Å². The highest BCUT2D eigenvalue weighted by molar-refractivity contribution is 7.66. The van der Waals surface area contributed by atoms with E-state index in [1.807, 2.05) is 39.8 Å². The van der Waals surface area contributed by atoms with Gasteiger partial charge >= 0.3 is 0 Å². The van der Waals surface area contributed by atoms with E-state index in [9.17, 15) is 4.79 Å². The van der Waals surface area contributed by atoms with Gasteiger partial charge in [0.1, 0.15) is 17.2 Å². The Labute approximate surface area is 215 Å². The normalized spacial score (nSPS) is 14.1. The van der Waals surface area contributed by atoms with E-state index in [0.717, 1.165) is 5.56 Å². The lowest BCUT2D eigenvalue weighted by Gasteiger charge is -2.24. The lowest BCUT2D eigenvalue weighted by Crippen LogP contribution is -2.24. The minimum absolute atomic E-state index is 0.132. The van der Waals surface area contributed by atoms with Gasteiger partial charge in [-0.15, -0.1) is 0 Å². The summed E-state index contributed by atoms with van der Waals surface area (Å²) in [5.41, 5.74) is 1.15. The standard InChI is InChI=1S/C26H36ClO7P/c1-8-29-17(5)32-20-14-22(33-18(6)30-9-2)25(23(15-20)34-19(7)31-10-3)35-26(28)24-16(4)12-11-13-21(24)27/h11-15,17-19,35H,8-10H2,1-7H3. The van der Waals surface area contributed by atoms with Crippen molar-refractivity contribution in [2.75, 3.05) is 19.8 Å². The Kier molecular flexibility index (Phi) is 12.3. The Morgan fingerprint density at radius 2 is 1.34 bits per heavy atom. The number of halogens is 1. The predicted molar refractivity (Wildman–Crippen MR) is 140 cm³/mol. The van der Waals surface area contributed by atoms with E-state index in [2.05, 4.69) is 0 Å². The fourth-order valence-electron chi connectivity index (χ4n) is 3.39. The lowest BCUT2D eigenvalue weighted by atomic mass is 10.1. The van der Waals surface area contributed by atoms with E-state index < -0.39 is 18.9 Å². The summed E-state index contributed by atoms with van der Waals surface area (Å²) in [7, 11) is -0.329. The highest BCUT2D eigenvalue weighted by atomic mass is 35.5. The van der Waals surface area contributed by atoms with Crippen LogP contribution in [0.1, 0.15) is 57.5 Å². The molecule has 0 saturated heterocycles. The molecule has 0 heterocycles. The van der Waals surface area contributed by atoms with Gasteiger partial charge in [-0.3, -0.25) is 4.79 Å². The molecule has 0 spiro atoms. The quantitative estimate of drug-likeness (QED) is 0.206. The molecule has 2 aromatic rings. The van der Waals surface area contributed by atoms with Crippen LogP contribution >= 0.6 is 20.2 Å². The summed E-state index contributed by atoms with van der Waals surface area (Å²) in [6.07, 6.45) is -1.61. The summed E-state index contributed by atoms with van der Waals surface area (Å²) < 4.78 is 34.9. The molecule has 7 nitrogen and oxygen atoms in total. The third-order valence-electron chi connectivity index (χ3n) is 4.82. The molecule has 4 unspecified atom stereocenters. The summed E-state index contributed by atoms with van der Waals surface area (Å²) in [6, 6.07) is 8.83. The van der Waals surface area contributed by atoms with E-state index in [0.29, 0.717) is 53.0 Å². The fraction of sp³-hybridized carbons (Fsp3) is 0.500. The average Bonchev–Trinajstić information content (AvgIpc) is 2.76. The van der Waals surface area contributed by atoms with Gasteiger partial charge in [-0.05, 0) is 68.7 Å². The zero-order chi connectivity index (χ0) is 26.0. The van der Waals surface area contributed by atoms with E-state index in [4.69, 9.17) is 40.0 Å². The highest BCUT2D eigenvalue weighted by Crippen LogP contribution is 2.37. The first-order valence-electron chi connectivity index (χ1n) is 11.8. The lowest BCUT2D eigenvalue weighted by molar-refractivity contribution is -0.0678. The molecular weight excluding hydrogens is 491 g/mol. The van der Waals surface area contributed by atoms with Crippen molar-refractivity contribution in [3.8, 4) is 17.2 Å². The second kappa shape index (κ2) is 14.6. The molecule has 0 aliphatic heterocycles. The smallest absolute Gasteiger partial charge is 0.197 e. The summed E-state index contributed by atoms with van der Waals surface area (Å²) in [5.74, 6) is 1.31. The summed E-state index contributed by atoms with van der Waals surface area (Å²) in [5, 5.41) is 0.979. The Morgan fingerprint density at radius 1 is 0.857 bits per heavy atom. The fourth-order valence-corrected chi connectivity index (χ4v) is 4.97. The van der Waals surface area contributed by atoms with Crippen LogP contribution in [0.3, 0.4) is 0 Å². The Hall–Kier alpha value is -1.89. The van der Waals surface area contributed by atoms with Gasteiger partial charge in [0, 0.05) is 37.5 Å². The molecule has 2 aromatic carbocycles. The van der Waals surface area contributed by atoms with Crippen LogP contribution < -0.4 is 19.5 Å². The van der Waals surface area contributed by atoms with E-state index in [1.54, 1.807) is 39.0 Å². The minimum atomic E-state index is -0.558. The maximum Gasteiger partial charge on any atom is 0.197 e. The number of benzene rings is 2. The topological polar surface area (TPSA) is 72.5 Å². The van der Waals surface area contributed by atoms with Crippen LogP contribution in [0.5, 0.6) is 17.2 Å². The first kappa shape index (κ1) is 29.3. The second-order valence-electron chi connectivity index (χ2n) is 7.60. The molecular formula is C26H36ClO7P. The molecule has 0 bridgehead atoms. The number of ether oxygens (including phenoxy) is 6. The molecule has 0 aliphatic carbocycles. The van der Waals surface area contributed by atoms with Gasteiger partial charge in [-0.1, -0.05) is 23.7 Å². The second-order valence-corrected chi connectivity index (χ2v) is 9.21. The average molecular weight is 527 g/mol. The van der Waals surface area contributed by atoms with Crippen LogP contribution in [0.15, 0.2) is 30.3 Å². The van der Waals surface area contributed by atoms with E-state index in [1.165, 1.54) is 0 Å². The van der Waals surface area contributed by atoms with Crippen molar-refractivity contribution >= 4 is 31.0 Å².